The highest BCUT2D eigenvalue weighted by Gasteiger charge is 1.99. The van der Waals surface area contributed by atoms with Crippen molar-refractivity contribution in [1.82, 2.24) is 14.9 Å². The predicted octanol–water partition coefficient (Wildman–Crippen LogP) is 2.92. The fourth-order valence-corrected chi connectivity index (χ4v) is 2.45. The van der Waals surface area contributed by atoms with Crippen LogP contribution in [0, 0.1) is 0 Å². The number of benzene rings is 1. The van der Waals surface area contributed by atoms with Crippen molar-refractivity contribution in [2.45, 2.75) is 19.5 Å². The molecule has 2 aromatic heterocycles. The standard InChI is InChI=1S/C17H19N3O/c21-16-7-6-15(19-13-16)12-18-9-3-10-20-11-8-14-4-1-2-5-17(14)20/h1-2,4-8,11,13,18,21H,3,9-10,12H2. The highest BCUT2D eigenvalue weighted by atomic mass is 16.3. The summed E-state index contributed by atoms with van der Waals surface area (Å²) >= 11 is 0. The molecule has 0 bridgehead atoms. The van der Waals surface area contributed by atoms with E-state index in [0.29, 0.717) is 0 Å². The molecule has 0 saturated carbocycles. The molecule has 0 fully saturated rings. The van der Waals surface area contributed by atoms with Crippen LogP contribution >= 0.6 is 0 Å². The van der Waals surface area contributed by atoms with Crippen LogP contribution in [0.4, 0.5) is 0 Å². The Kier molecular flexibility index (Phi) is 4.17. The number of nitrogens with one attached hydrogen (secondary N) is 1. The van der Waals surface area contributed by atoms with E-state index in [9.17, 15) is 5.11 Å². The summed E-state index contributed by atoms with van der Waals surface area (Å²) in [6.07, 6.45) is 4.69. The van der Waals surface area contributed by atoms with E-state index < -0.39 is 0 Å². The Morgan fingerprint density at radius 1 is 1.10 bits per heavy atom. The fraction of sp³-hybridized carbons (Fsp3) is 0.235. The number of aromatic nitrogens is 2. The van der Waals surface area contributed by atoms with Crippen molar-refractivity contribution >= 4 is 10.9 Å². The maximum Gasteiger partial charge on any atom is 0.133 e. The van der Waals surface area contributed by atoms with E-state index in [1.54, 1.807) is 6.07 Å². The Labute approximate surface area is 124 Å². The van der Waals surface area contributed by atoms with Crippen LogP contribution in [0.2, 0.25) is 0 Å². The zero-order chi connectivity index (χ0) is 14.5. The van der Waals surface area contributed by atoms with Gasteiger partial charge in [0.25, 0.3) is 0 Å². The third-order valence-electron chi connectivity index (χ3n) is 3.55. The van der Waals surface area contributed by atoms with Crippen LogP contribution in [0.1, 0.15) is 12.1 Å². The molecule has 21 heavy (non-hydrogen) atoms. The molecule has 4 heteroatoms. The minimum atomic E-state index is 0.207. The summed E-state index contributed by atoms with van der Waals surface area (Å²) in [7, 11) is 0. The molecule has 0 radical (unpaired) electrons. The zero-order valence-corrected chi connectivity index (χ0v) is 11.9. The number of rotatable bonds is 6. The monoisotopic (exact) mass is 281 g/mol. The summed E-state index contributed by atoms with van der Waals surface area (Å²) in [5, 5.41) is 13.8. The van der Waals surface area contributed by atoms with Gasteiger partial charge in [-0.3, -0.25) is 4.98 Å². The molecule has 1 aromatic carbocycles. The first kappa shape index (κ1) is 13.6. The van der Waals surface area contributed by atoms with Crippen molar-refractivity contribution in [1.29, 1.82) is 0 Å². The van der Waals surface area contributed by atoms with E-state index in [2.05, 4.69) is 51.4 Å². The maximum atomic E-state index is 9.17. The third-order valence-corrected chi connectivity index (χ3v) is 3.55. The lowest BCUT2D eigenvalue weighted by molar-refractivity contribution is 0.471. The number of nitrogens with zero attached hydrogens (tertiary/aromatic N) is 2. The van der Waals surface area contributed by atoms with E-state index in [4.69, 9.17) is 0 Å². The predicted molar refractivity (Wildman–Crippen MR) is 84.2 cm³/mol. The lowest BCUT2D eigenvalue weighted by atomic mass is 10.2. The molecular formula is C17H19N3O. The Bertz CT molecular complexity index is 703. The van der Waals surface area contributed by atoms with Gasteiger partial charge in [0.15, 0.2) is 0 Å². The second-order valence-corrected chi connectivity index (χ2v) is 5.11. The average molecular weight is 281 g/mol. The van der Waals surface area contributed by atoms with Crippen molar-refractivity contribution < 1.29 is 5.11 Å². The van der Waals surface area contributed by atoms with Gasteiger partial charge in [-0.05, 0) is 42.6 Å². The number of aryl methyl sites for hydroxylation is 1. The zero-order valence-electron chi connectivity index (χ0n) is 11.9. The maximum absolute atomic E-state index is 9.17. The summed E-state index contributed by atoms with van der Waals surface area (Å²) in [6.45, 7) is 2.67. The Hall–Kier alpha value is -2.33. The first-order valence-electron chi connectivity index (χ1n) is 7.21. The van der Waals surface area contributed by atoms with Gasteiger partial charge in [0.1, 0.15) is 5.75 Å². The molecule has 108 valence electrons. The summed E-state index contributed by atoms with van der Waals surface area (Å²) in [5.74, 6) is 0.207. The largest absolute Gasteiger partial charge is 0.506 e. The number of hydrogen-bond acceptors (Lipinski definition) is 3. The lowest BCUT2D eigenvalue weighted by Crippen LogP contribution is -2.17. The Morgan fingerprint density at radius 3 is 2.86 bits per heavy atom. The van der Waals surface area contributed by atoms with E-state index in [1.807, 2.05) is 6.07 Å². The van der Waals surface area contributed by atoms with Crippen molar-refractivity contribution in [3.8, 4) is 5.75 Å². The molecule has 2 heterocycles. The van der Waals surface area contributed by atoms with Crippen molar-refractivity contribution in [3.05, 3.63) is 60.6 Å². The average Bonchev–Trinajstić information content (AvgIpc) is 2.92. The molecule has 4 nitrogen and oxygen atoms in total. The van der Waals surface area contributed by atoms with Crippen molar-refractivity contribution in [2.75, 3.05) is 6.54 Å². The molecule has 0 aliphatic rings. The van der Waals surface area contributed by atoms with Crippen LogP contribution in [-0.2, 0) is 13.1 Å². The highest BCUT2D eigenvalue weighted by molar-refractivity contribution is 5.79. The smallest absolute Gasteiger partial charge is 0.133 e. The number of pyridine rings is 1. The van der Waals surface area contributed by atoms with Crippen LogP contribution in [-0.4, -0.2) is 21.2 Å². The number of aromatic hydroxyl groups is 1. The van der Waals surface area contributed by atoms with Gasteiger partial charge in [-0.1, -0.05) is 18.2 Å². The van der Waals surface area contributed by atoms with Gasteiger partial charge in [-0.25, -0.2) is 0 Å². The van der Waals surface area contributed by atoms with E-state index in [0.717, 1.165) is 31.7 Å². The van der Waals surface area contributed by atoms with E-state index in [-0.39, 0.29) is 5.75 Å². The molecule has 0 saturated heterocycles. The SMILES string of the molecule is Oc1ccc(CNCCCn2ccc3ccccc32)nc1. The minimum absolute atomic E-state index is 0.207. The minimum Gasteiger partial charge on any atom is -0.506 e. The van der Waals surface area contributed by atoms with Gasteiger partial charge in [-0.2, -0.15) is 0 Å². The Balaban J connectivity index is 1.45. The summed E-state index contributed by atoms with van der Waals surface area (Å²) < 4.78 is 2.29. The molecule has 0 aliphatic heterocycles. The Morgan fingerprint density at radius 2 is 2.00 bits per heavy atom. The summed E-state index contributed by atoms with van der Waals surface area (Å²) in [5.41, 5.74) is 2.23. The normalized spacial score (nSPS) is 11.0. The highest BCUT2D eigenvalue weighted by Crippen LogP contribution is 2.15. The molecule has 3 rings (SSSR count). The van der Waals surface area contributed by atoms with E-state index >= 15 is 0 Å². The van der Waals surface area contributed by atoms with Crippen molar-refractivity contribution in [3.63, 3.8) is 0 Å². The van der Waals surface area contributed by atoms with Crippen LogP contribution in [0.3, 0.4) is 0 Å². The second-order valence-electron chi connectivity index (χ2n) is 5.11. The first-order valence-corrected chi connectivity index (χ1v) is 7.21. The van der Waals surface area contributed by atoms with Gasteiger partial charge in [0.2, 0.25) is 0 Å². The fourth-order valence-electron chi connectivity index (χ4n) is 2.45. The van der Waals surface area contributed by atoms with Gasteiger partial charge in [-0.15, -0.1) is 0 Å². The summed E-state index contributed by atoms with van der Waals surface area (Å²) in [6, 6.07) is 14.1. The second kappa shape index (κ2) is 6.41. The number of hydrogen-bond donors (Lipinski definition) is 2. The lowest BCUT2D eigenvalue weighted by Gasteiger charge is -2.07. The molecule has 2 N–H and O–H groups in total. The molecule has 0 amide bonds. The van der Waals surface area contributed by atoms with E-state index in [1.165, 1.54) is 17.1 Å². The number of para-hydroxylation sites is 1. The molecule has 3 aromatic rings. The van der Waals surface area contributed by atoms with Crippen LogP contribution in [0.5, 0.6) is 5.75 Å². The topological polar surface area (TPSA) is 50.1 Å². The van der Waals surface area contributed by atoms with Crippen LogP contribution in [0.25, 0.3) is 10.9 Å². The number of fused-ring (bicyclic) bond motifs is 1. The van der Waals surface area contributed by atoms with Gasteiger partial charge in [0, 0.05) is 24.8 Å². The molecular weight excluding hydrogens is 262 g/mol. The van der Waals surface area contributed by atoms with Crippen molar-refractivity contribution in [2.24, 2.45) is 0 Å². The molecule has 0 atom stereocenters. The molecule has 0 spiro atoms. The van der Waals surface area contributed by atoms with Gasteiger partial charge >= 0.3 is 0 Å². The molecule has 0 aliphatic carbocycles. The quantitative estimate of drug-likeness (QED) is 0.683. The van der Waals surface area contributed by atoms with Gasteiger partial charge in [0.05, 0.1) is 11.9 Å². The summed E-state index contributed by atoms with van der Waals surface area (Å²) in [4.78, 5) is 4.15. The van der Waals surface area contributed by atoms with Crippen LogP contribution < -0.4 is 5.32 Å². The third kappa shape index (κ3) is 3.41. The first-order chi connectivity index (χ1) is 10.3. The van der Waals surface area contributed by atoms with Crippen LogP contribution in [0.15, 0.2) is 54.9 Å². The van der Waals surface area contributed by atoms with Gasteiger partial charge < -0.3 is 15.0 Å². The molecule has 0 unspecified atom stereocenters.